The largest absolute Gasteiger partial charge is 0.371 e. The molecule has 0 amide bonds. The number of rotatable bonds is 3. The van der Waals surface area contributed by atoms with E-state index in [1.807, 2.05) is 18.2 Å². The Kier molecular flexibility index (Phi) is 2.89. The standard InChI is InChI=1S/C14H13Cl2N3O/c15-5-12-17-14(18-20-12)13-10-6-19(7-11(10)13)9-3-1-2-8(16)4-9/h1-4,10-11,13H,5-7H2/t10-,11+,13?. The highest BCUT2D eigenvalue weighted by Gasteiger charge is 2.58. The molecule has 1 unspecified atom stereocenters. The minimum absolute atomic E-state index is 0.281. The van der Waals surface area contributed by atoms with Crippen molar-refractivity contribution in [2.75, 3.05) is 18.0 Å². The molecule has 4 rings (SSSR count). The summed E-state index contributed by atoms with van der Waals surface area (Å²) in [6.07, 6.45) is 0. The average Bonchev–Trinajstić information content (AvgIpc) is 2.87. The fourth-order valence-corrected chi connectivity index (χ4v) is 3.54. The summed E-state index contributed by atoms with van der Waals surface area (Å²) in [5, 5.41) is 4.82. The molecule has 0 N–H and O–H groups in total. The number of benzene rings is 1. The van der Waals surface area contributed by atoms with Crippen molar-refractivity contribution in [3.63, 3.8) is 0 Å². The minimum atomic E-state index is 0.281. The Morgan fingerprint density at radius 1 is 1.30 bits per heavy atom. The summed E-state index contributed by atoms with van der Waals surface area (Å²) in [5.41, 5.74) is 1.19. The second-order valence-corrected chi connectivity index (χ2v) is 6.12. The molecule has 2 aromatic rings. The van der Waals surface area contributed by atoms with Gasteiger partial charge >= 0.3 is 0 Å². The fraction of sp³-hybridized carbons (Fsp3) is 0.429. The van der Waals surface area contributed by atoms with Crippen molar-refractivity contribution in [2.45, 2.75) is 11.8 Å². The number of nitrogens with zero attached hydrogens (tertiary/aromatic N) is 3. The first-order valence-electron chi connectivity index (χ1n) is 6.65. The van der Waals surface area contributed by atoms with E-state index in [0.717, 1.165) is 23.9 Å². The fourth-order valence-electron chi connectivity index (χ4n) is 3.25. The summed E-state index contributed by atoms with van der Waals surface area (Å²) in [5.74, 6) is 3.29. The number of aromatic nitrogens is 2. The third kappa shape index (κ3) is 1.98. The molecule has 2 heterocycles. The van der Waals surface area contributed by atoms with Gasteiger partial charge < -0.3 is 9.42 Å². The van der Waals surface area contributed by atoms with E-state index in [9.17, 15) is 0 Å². The minimum Gasteiger partial charge on any atom is -0.371 e. The first-order chi connectivity index (χ1) is 9.76. The predicted octanol–water partition coefficient (Wildman–Crippen LogP) is 3.31. The van der Waals surface area contributed by atoms with Gasteiger partial charge in [0.25, 0.3) is 0 Å². The molecule has 1 aromatic carbocycles. The Morgan fingerprint density at radius 2 is 2.10 bits per heavy atom. The van der Waals surface area contributed by atoms with E-state index in [-0.39, 0.29) is 5.88 Å². The zero-order valence-corrected chi connectivity index (χ0v) is 12.2. The summed E-state index contributed by atoms with van der Waals surface area (Å²) < 4.78 is 5.08. The summed E-state index contributed by atoms with van der Waals surface area (Å²) in [6, 6.07) is 8.01. The first kappa shape index (κ1) is 12.5. The van der Waals surface area contributed by atoms with Crippen LogP contribution in [0.15, 0.2) is 28.8 Å². The Morgan fingerprint density at radius 3 is 2.75 bits per heavy atom. The normalized spacial score (nSPS) is 27.7. The molecule has 4 nitrogen and oxygen atoms in total. The molecule has 6 heteroatoms. The molecule has 1 saturated carbocycles. The molecule has 20 heavy (non-hydrogen) atoms. The lowest BCUT2D eigenvalue weighted by Gasteiger charge is -2.21. The summed E-state index contributed by atoms with van der Waals surface area (Å²) in [6.45, 7) is 2.06. The smallest absolute Gasteiger partial charge is 0.241 e. The van der Waals surface area contributed by atoms with Crippen molar-refractivity contribution in [2.24, 2.45) is 11.8 Å². The second kappa shape index (κ2) is 4.64. The van der Waals surface area contributed by atoms with Crippen LogP contribution in [-0.4, -0.2) is 23.2 Å². The predicted molar refractivity (Wildman–Crippen MR) is 77.2 cm³/mol. The van der Waals surface area contributed by atoms with Crippen molar-refractivity contribution < 1.29 is 4.52 Å². The Bertz CT molecular complexity index is 633. The maximum Gasteiger partial charge on any atom is 0.241 e. The molecule has 2 aliphatic rings. The van der Waals surface area contributed by atoms with Gasteiger partial charge in [-0.15, -0.1) is 11.6 Å². The third-order valence-corrected chi connectivity index (χ3v) is 4.73. The van der Waals surface area contributed by atoms with Crippen molar-refractivity contribution in [3.05, 3.63) is 41.0 Å². The first-order valence-corrected chi connectivity index (χ1v) is 7.56. The van der Waals surface area contributed by atoms with Gasteiger partial charge in [0, 0.05) is 29.7 Å². The number of fused-ring (bicyclic) bond motifs is 1. The van der Waals surface area contributed by atoms with Crippen LogP contribution < -0.4 is 4.90 Å². The highest BCUT2D eigenvalue weighted by molar-refractivity contribution is 6.30. The molecular formula is C14H13Cl2N3O. The van der Waals surface area contributed by atoms with Crippen LogP contribution in [0.2, 0.25) is 5.02 Å². The highest BCUT2D eigenvalue weighted by Crippen LogP contribution is 2.57. The van der Waals surface area contributed by atoms with Crippen LogP contribution in [0.1, 0.15) is 17.6 Å². The number of alkyl halides is 1. The summed E-state index contributed by atoms with van der Waals surface area (Å²) in [7, 11) is 0. The molecular weight excluding hydrogens is 297 g/mol. The molecule has 0 bridgehead atoms. The number of piperidine rings is 1. The molecule has 0 spiro atoms. The van der Waals surface area contributed by atoms with Crippen LogP contribution in [0.5, 0.6) is 0 Å². The zero-order valence-electron chi connectivity index (χ0n) is 10.7. The molecule has 1 aliphatic heterocycles. The highest BCUT2D eigenvalue weighted by atomic mass is 35.5. The second-order valence-electron chi connectivity index (χ2n) is 5.42. The van der Waals surface area contributed by atoms with E-state index in [1.165, 1.54) is 5.69 Å². The maximum atomic E-state index is 6.04. The Hall–Kier alpha value is -1.26. The quantitative estimate of drug-likeness (QED) is 0.816. The lowest BCUT2D eigenvalue weighted by Crippen LogP contribution is -2.23. The molecule has 104 valence electrons. The van der Waals surface area contributed by atoms with Crippen molar-refractivity contribution >= 4 is 28.9 Å². The van der Waals surface area contributed by atoms with Crippen LogP contribution in [0.25, 0.3) is 0 Å². The van der Waals surface area contributed by atoms with Crippen molar-refractivity contribution in [1.29, 1.82) is 0 Å². The van der Waals surface area contributed by atoms with E-state index in [0.29, 0.717) is 23.6 Å². The van der Waals surface area contributed by atoms with Crippen LogP contribution in [0.3, 0.4) is 0 Å². The Labute approximate surface area is 126 Å². The van der Waals surface area contributed by atoms with Gasteiger partial charge in [0.2, 0.25) is 5.89 Å². The number of hydrogen-bond donors (Lipinski definition) is 0. The van der Waals surface area contributed by atoms with Gasteiger partial charge in [-0.1, -0.05) is 22.8 Å². The van der Waals surface area contributed by atoms with Crippen molar-refractivity contribution in [1.82, 2.24) is 10.1 Å². The Balaban J connectivity index is 1.46. The van der Waals surface area contributed by atoms with E-state index in [1.54, 1.807) is 0 Å². The van der Waals surface area contributed by atoms with Gasteiger partial charge in [0.1, 0.15) is 5.88 Å². The van der Waals surface area contributed by atoms with Crippen LogP contribution >= 0.6 is 23.2 Å². The van der Waals surface area contributed by atoms with E-state index in [4.69, 9.17) is 27.7 Å². The van der Waals surface area contributed by atoms with E-state index < -0.39 is 0 Å². The van der Waals surface area contributed by atoms with Gasteiger partial charge in [-0.3, -0.25) is 0 Å². The number of anilines is 1. The van der Waals surface area contributed by atoms with Crippen LogP contribution in [-0.2, 0) is 5.88 Å². The molecule has 1 aliphatic carbocycles. The lowest BCUT2D eigenvalue weighted by molar-refractivity contribution is 0.383. The van der Waals surface area contributed by atoms with Crippen LogP contribution in [0.4, 0.5) is 5.69 Å². The van der Waals surface area contributed by atoms with Gasteiger partial charge in [-0.2, -0.15) is 4.98 Å². The molecule has 0 radical (unpaired) electrons. The molecule has 2 fully saturated rings. The van der Waals surface area contributed by atoms with Gasteiger partial charge in [0.15, 0.2) is 5.82 Å². The van der Waals surface area contributed by atoms with E-state index in [2.05, 4.69) is 21.1 Å². The topological polar surface area (TPSA) is 42.2 Å². The van der Waals surface area contributed by atoms with Crippen molar-refractivity contribution in [3.8, 4) is 0 Å². The SMILES string of the molecule is ClCc1nc(C2[C@H]3CN(c4cccc(Cl)c4)C[C@@H]23)no1. The monoisotopic (exact) mass is 309 g/mol. The maximum absolute atomic E-state index is 6.04. The van der Waals surface area contributed by atoms with Gasteiger partial charge in [0.05, 0.1) is 0 Å². The lowest BCUT2D eigenvalue weighted by atomic mass is 10.2. The number of hydrogen-bond acceptors (Lipinski definition) is 4. The summed E-state index contributed by atoms with van der Waals surface area (Å²) >= 11 is 11.7. The molecule has 3 atom stereocenters. The van der Waals surface area contributed by atoms with E-state index >= 15 is 0 Å². The molecule has 1 aromatic heterocycles. The average molecular weight is 310 g/mol. The van der Waals surface area contributed by atoms with Gasteiger partial charge in [-0.05, 0) is 30.0 Å². The zero-order chi connectivity index (χ0) is 13.7. The third-order valence-electron chi connectivity index (χ3n) is 4.26. The summed E-state index contributed by atoms with van der Waals surface area (Å²) in [4.78, 5) is 6.71. The molecule has 1 saturated heterocycles. The number of halogens is 2. The van der Waals surface area contributed by atoms with Gasteiger partial charge in [-0.25, -0.2) is 0 Å². The van der Waals surface area contributed by atoms with Crippen LogP contribution in [0, 0.1) is 11.8 Å².